The van der Waals surface area contributed by atoms with Crippen LogP contribution in [-0.2, 0) is 23.4 Å². The Morgan fingerprint density at radius 3 is 2.50 bits per heavy atom. The van der Waals surface area contributed by atoms with Crippen LogP contribution in [0.2, 0.25) is 0 Å². The first kappa shape index (κ1) is 21.1. The van der Waals surface area contributed by atoms with Crippen molar-refractivity contribution in [3.05, 3.63) is 58.7 Å². The zero-order valence-corrected chi connectivity index (χ0v) is 17.7. The molecule has 1 saturated carbocycles. The van der Waals surface area contributed by atoms with E-state index in [-0.39, 0.29) is 5.92 Å². The Morgan fingerprint density at radius 2 is 1.83 bits per heavy atom. The van der Waals surface area contributed by atoms with E-state index in [0.717, 1.165) is 33.8 Å². The molecular formula is C24H30O6. The van der Waals surface area contributed by atoms with Crippen molar-refractivity contribution in [3.63, 3.8) is 0 Å². The molecule has 0 aromatic heterocycles. The Bertz CT molecular complexity index is 895. The number of hydrogen-bond acceptors (Lipinski definition) is 6. The maximum atomic E-state index is 10.9. The van der Waals surface area contributed by atoms with E-state index in [1.165, 1.54) is 0 Å². The fourth-order valence-corrected chi connectivity index (χ4v) is 4.82. The van der Waals surface area contributed by atoms with Crippen LogP contribution in [0.3, 0.4) is 0 Å². The average molecular weight is 414 g/mol. The molecule has 0 unspecified atom stereocenters. The van der Waals surface area contributed by atoms with E-state index in [4.69, 9.17) is 14.2 Å². The molecule has 1 aliphatic heterocycles. The summed E-state index contributed by atoms with van der Waals surface area (Å²) in [7, 11) is 1.65. The van der Waals surface area contributed by atoms with E-state index in [1.54, 1.807) is 7.11 Å². The highest BCUT2D eigenvalue weighted by Crippen LogP contribution is 2.50. The van der Waals surface area contributed by atoms with Crippen molar-refractivity contribution in [3.8, 4) is 11.5 Å². The van der Waals surface area contributed by atoms with Crippen molar-refractivity contribution >= 4 is 0 Å². The minimum absolute atomic E-state index is 0.203. The monoisotopic (exact) mass is 414 g/mol. The van der Waals surface area contributed by atoms with Crippen LogP contribution < -0.4 is 9.47 Å². The van der Waals surface area contributed by atoms with Gasteiger partial charge in [-0.15, -0.1) is 0 Å². The molecule has 162 valence electrons. The zero-order chi connectivity index (χ0) is 21.5. The molecule has 5 atom stereocenters. The molecule has 2 aromatic carbocycles. The second-order valence-electron chi connectivity index (χ2n) is 8.36. The standard InChI is InChI=1S/C24H30O6/c1-4-29-18-7-5-15(6-8-18)9-16-10-19-17(11-20(16)28-3)13-30-24(19)12-14(2)21(25)22(26)23(24)27/h5-8,10-11,14,21-23,25-27H,4,9,12-13H2,1-3H3/t14-,21+,22-,23+,24+/m0/s1. The van der Waals surface area contributed by atoms with Gasteiger partial charge in [0.1, 0.15) is 29.3 Å². The Hall–Kier alpha value is -2.12. The van der Waals surface area contributed by atoms with Crippen LogP contribution in [0.5, 0.6) is 11.5 Å². The quantitative estimate of drug-likeness (QED) is 0.697. The number of fused-ring (bicyclic) bond motifs is 2. The number of methoxy groups -OCH3 is 1. The number of hydrogen-bond donors (Lipinski definition) is 3. The number of ether oxygens (including phenoxy) is 3. The molecule has 2 aromatic rings. The minimum atomic E-state index is -1.25. The molecule has 1 heterocycles. The van der Waals surface area contributed by atoms with Crippen molar-refractivity contribution in [2.24, 2.45) is 5.92 Å². The Morgan fingerprint density at radius 1 is 1.10 bits per heavy atom. The molecule has 6 heteroatoms. The SMILES string of the molecule is CCOc1ccc(Cc2cc3c(cc2OC)CO[C@]32C[C@H](C)[C@@H](O)[C@H](O)[C@H]2O)cc1. The molecule has 30 heavy (non-hydrogen) atoms. The summed E-state index contributed by atoms with van der Waals surface area (Å²) in [5.74, 6) is 1.40. The molecule has 0 saturated heterocycles. The molecule has 1 aliphatic carbocycles. The van der Waals surface area contributed by atoms with Gasteiger partial charge in [0, 0.05) is 6.42 Å². The van der Waals surface area contributed by atoms with Crippen molar-refractivity contribution in [1.82, 2.24) is 0 Å². The van der Waals surface area contributed by atoms with E-state index in [9.17, 15) is 15.3 Å². The lowest BCUT2D eigenvalue weighted by Gasteiger charge is -2.46. The van der Waals surface area contributed by atoms with Crippen molar-refractivity contribution in [2.75, 3.05) is 13.7 Å². The second kappa shape index (κ2) is 8.19. The maximum Gasteiger partial charge on any atom is 0.123 e. The zero-order valence-electron chi connectivity index (χ0n) is 17.7. The highest BCUT2D eigenvalue weighted by Gasteiger charge is 2.56. The molecule has 4 rings (SSSR count). The first-order valence-corrected chi connectivity index (χ1v) is 10.5. The van der Waals surface area contributed by atoms with Crippen LogP contribution in [-0.4, -0.2) is 47.3 Å². The van der Waals surface area contributed by atoms with E-state index >= 15 is 0 Å². The summed E-state index contributed by atoms with van der Waals surface area (Å²) in [6.07, 6.45) is -2.34. The van der Waals surface area contributed by atoms with E-state index in [1.807, 2.05) is 50.2 Å². The summed E-state index contributed by atoms with van der Waals surface area (Å²) >= 11 is 0. The third-order valence-electron chi connectivity index (χ3n) is 6.44. The van der Waals surface area contributed by atoms with Crippen LogP contribution in [0.25, 0.3) is 0 Å². The summed E-state index contributed by atoms with van der Waals surface area (Å²) in [6, 6.07) is 11.9. The smallest absolute Gasteiger partial charge is 0.123 e. The van der Waals surface area contributed by atoms with Gasteiger partial charge in [-0.1, -0.05) is 19.1 Å². The lowest BCUT2D eigenvalue weighted by molar-refractivity contribution is -0.222. The average Bonchev–Trinajstić information content (AvgIpc) is 3.10. The Kier molecular flexibility index (Phi) is 5.77. The fraction of sp³-hybridized carbons (Fsp3) is 0.500. The summed E-state index contributed by atoms with van der Waals surface area (Å²) < 4.78 is 17.3. The van der Waals surface area contributed by atoms with Gasteiger partial charge >= 0.3 is 0 Å². The molecule has 2 aliphatic rings. The maximum absolute atomic E-state index is 10.9. The third kappa shape index (κ3) is 3.48. The van der Waals surface area contributed by atoms with Crippen molar-refractivity contribution in [2.45, 2.75) is 57.2 Å². The van der Waals surface area contributed by atoms with Gasteiger partial charge in [0.25, 0.3) is 0 Å². The van der Waals surface area contributed by atoms with Crippen LogP contribution in [0.1, 0.15) is 42.5 Å². The predicted molar refractivity (Wildman–Crippen MR) is 112 cm³/mol. The van der Waals surface area contributed by atoms with Crippen molar-refractivity contribution in [1.29, 1.82) is 0 Å². The number of aliphatic hydroxyl groups is 3. The summed E-state index contributed by atoms with van der Waals surface area (Å²) in [5, 5.41) is 31.5. The van der Waals surface area contributed by atoms with Crippen LogP contribution >= 0.6 is 0 Å². The van der Waals surface area contributed by atoms with Crippen LogP contribution in [0, 0.1) is 5.92 Å². The lowest BCUT2D eigenvalue weighted by atomic mass is 9.70. The fourth-order valence-electron chi connectivity index (χ4n) is 4.82. The van der Waals surface area contributed by atoms with Crippen molar-refractivity contribution < 1.29 is 29.5 Å². The minimum Gasteiger partial charge on any atom is -0.496 e. The number of aliphatic hydroxyl groups excluding tert-OH is 3. The van der Waals surface area contributed by atoms with Gasteiger partial charge in [0.15, 0.2) is 0 Å². The van der Waals surface area contributed by atoms with Gasteiger partial charge in [0.05, 0.1) is 26.4 Å². The van der Waals surface area contributed by atoms with Crippen LogP contribution in [0.15, 0.2) is 36.4 Å². The molecule has 6 nitrogen and oxygen atoms in total. The largest absolute Gasteiger partial charge is 0.496 e. The molecule has 1 spiro atoms. The van der Waals surface area contributed by atoms with Gasteiger partial charge in [-0.2, -0.15) is 0 Å². The Labute approximate surface area is 177 Å². The first-order valence-electron chi connectivity index (χ1n) is 10.5. The van der Waals surface area contributed by atoms with Crippen LogP contribution in [0.4, 0.5) is 0 Å². The van der Waals surface area contributed by atoms with E-state index in [0.29, 0.717) is 26.1 Å². The van der Waals surface area contributed by atoms with E-state index < -0.39 is 23.9 Å². The summed E-state index contributed by atoms with van der Waals surface area (Å²) in [4.78, 5) is 0. The normalized spacial score (nSPS) is 30.3. The summed E-state index contributed by atoms with van der Waals surface area (Å²) in [5.41, 5.74) is 2.88. The van der Waals surface area contributed by atoms with Gasteiger partial charge in [0.2, 0.25) is 0 Å². The topological polar surface area (TPSA) is 88.4 Å². The summed E-state index contributed by atoms with van der Waals surface area (Å²) in [6.45, 7) is 4.79. The van der Waals surface area contributed by atoms with Gasteiger partial charge in [-0.05, 0) is 65.8 Å². The molecule has 1 fully saturated rings. The molecule has 3 N–H and O–H groups in total. The highest BCUT2D eigenvalue weighted by molar-refractivity contribution is 5.49. The highest BCUT2D eigenvalue weighted by atomic mass is 16.5. The predicted octanol–water partition coefficient (Wildman–Crippen LogP) is 2.53. The molecule has 0 bridgehead atoms. The molecular weight excluding hydrogens is 384 g/mol. The first-order chi connectivity index (χ1) is 14.4. The lowest BCUT2D eigenvalue weighted by Crippen LogP contribution is -2.58. The molecule has 0 amide bonds. The van der Waals surface area contributed by atoms with E-state index in [2.05, 4.69) is 0 Å². The number of rotatable bonds is 5. The van der Waals surface area contributed by atoms with Gasteiger partial charge in [-0.3, -0.25) is 0 Å². The third-order valence-corrected chi connectivity index (χ3v) is 6.44. The number of benzene rings is 2. The molecule has 0 radical (unpaired) electrons. The second-order valence-corrected chi connectivity index (χ2v) is 8.36. The Balaban J connectivity index is 1.70. The van der Waals surface area contributed by atoms with Gasteiger partial charge in [-0.25, -0.2) is 0 Å². The van der Waals surface area contributed by atoms with Gasteiger partial charge < -0.3 is 29.5 Å².